The highest BCUT2D eigenvalue weighted by Crippen LogP contribution is 2.22. The van der Waals surface area contributed by atoms with Crippen LogP contribution in [0.4, 0.5) is 10.5 Å². The summed E-state index contributed by atoms with van der Waals surface area (Å²) < 4.78 is 28.2. The van der Waals surface area contributed by atoms with Crippen molar-refractivity contribution < 1.29 is 18.0 Å². The summed E-state index contributed by atoms with van der Waals surface area (Å²) in [4.78, 5) is 25.8. The standard InChI is InChI=1S/C21H34N4O4S/c1-6-19(26)23-17-7-8-18(15(2)13-17)30(28,29)22-14-16-9-11-25(12-10-16)20(27)24-21(3,4)5/h7-8,13,16,22H,6,9-12,14H2,1-5H3,(H,23,26)(H,24,27). The quantitative estimate of drug-likeness (QED) is 0.635. The van der Waals surface area contributed by atoms with Crippen LogP contribution in [0.15, 0.2) is 23.1 Å². The number of urea groups is 1. The fourth-order valence-corrected chi connectivity index (χ4v) is 4.66. The average Bonchev–Trinajstić information content (AvgIpc) is 2.65. The van der Waals surface area contributed by atoms with Crippen molar-refractivity contribution >= 4 is 27.6 Å². The highest BCUT2D eigenvalue weighted by molar-refractivity contribution is 7.89. The molecule has 0 saturated carbocycles. The summed E-state index contributed by atoms with van der Waals surface area (Å²) in [5, 5.41) is 5.69. The van der Waals surface area contributed by atoms with Crippen molar-refractivity contribution in [1.29, 1.82) is 0 Å². The van der Waals surface area contributed by atoms with Crippen LogP contribution >= 0.6 is 0 Å². The molecule has 3 N–H and O–H groups in total. The van der Waals surface area contributed by atoms with Crippen molar-refractivity contribution in [3.63, 3.8) is 0 Å². The number of carbonyl (C=O) groups is 2. The van der Waals surface area contributed by atoms with Gasteiger partial charge in [0.05, 0.1) is 4.90 Å². The van der Waals surface area contributed by atoms with E-state index in [0.717, 1.165) is 12.8 Å². The highest BCUT2D eigenvalue weighted by atomic mass is 32.2. The highest BCUT2D eigenvalue weighted by Gasteiger charge is 2.26. The number of sulfonamides is 1. The van der Waals surface area contributed by atoms with E-state index >= 15 is 0 Å². The summed E-state index contributed by atoms with van der Waals surface area (Å²) in [6, 6.07) is 4.70. The van der Waals surface area contributed by atoms with E-state index in [-0.39, 0.29) is 28.3 Å². The van der Waals surface area contributed by atoms with Gasteiger partial charge in [0.1, 0.15) is 0 Å². The number of nitrogens with zero attached hydrogens (tertiary/aromatic N) is 1. The van der Waals surface area contributed by atoms with Gasteiger partial charge in [0.25, 0.3) is 0 Å². The molecule has 1 aromatic rings. The van der Waals surface area contributed by atoms with Crippen molar-refractivity contribution in [1.82, 2.24) is 14.9 Å². The lowest BCUT2D eigenvalue weighted by molar-refractivity contribution is -0.115. The summed E-state index contributed by atoms with van der Waals surface area (Å²) in [7, 11) is -3.65. The van der Waals surface area contributed by atoms with Gasteiger partial charge in [-0.1, -0.05) is 6.92 Å². The molecule has 0 radical (unpaired) electrons. The zero-order valence-corrected chi connectivity index (χ0v) is 19.4. The molecule has 0 aromatic heterocycles. The summed E-state index contributed by atoms with van der Waals surface area (Å²) in [5.41, 5.74) is 0.875. The lowest BCUT2D eigenvalue weighted by Gasteiger charge is -2.34. The van der Waals surface area contributed by atoms with Crippen LogP contribution in [-0.2, 0) is 14.8 Å². The monoisotopic (exact) mass is 438 g/mol. The maximum absolute atomic E-state index is 12.7. The van der Waals surface area contributed by atoms with Crippen molar-refractivity contribution in [3.8, 4) is 0 Å². The Balaban J connectivity index is 1.90. The molecule has 30 heavy (non-hydrogen) atoms. The third-order valence-electron chi connectivity index (χ3n) is 5.02. The summed E-state index contributed by atoms with van der Waals surface area (Å²) in [6.07, 6.45) is 1.86. The Morgan fingerprint density at radius 3 is 2.33 bits per heavy atom. The lowest BCUT2D eigenvalue weighted by atomic mass is 9.97. The minimum absolute atomic E-state index is 0.0765. The first-order valence-electron chi connectivity index (χ1n) is 10.4. The largest absolute Gasteiger partial charge is 0.333 e. The number of hydrogen-bond acceptors (Lipinski definition) is 4. The van der Waals surface area contributed by atoms with Crippen LogP contribution in [-0.4, -0.2) is 50.4 Å². The number of benzene rings is 1. The van der Waals surface area contributed by atoms with Gasteiger partial charge in [-0.15, -0.1) is 0 Å². The Bertz CT molecular complexity index is 869. The van der Waals surface area contributed by atoms with Crippen molar-refractivity contribution in [2.45, 2.75) is 64.3 Å². The first-order valence-corrected chi connectivity index (χ1v) is 11.9. The second kappa shape index (κ2) is 9.78. The third kappa shape index (κ3) is 6.98. The SMILES string of the molecule is CCC(=O)Nc1ccc(S(=O)(=O)NCC2CCN(C(=O)NC(C)(C)C)CC2)c(C)c1. The molecule has 0 unspecified atom stereocenters. The second-order valence-electron chi connectivity index (χ2n) is 8.84. The molecule has 0 bridgehead atoms. The normalized spacial score (nSPS) is 15.7. The van der Waals surface area contributed by atoms with E-state index in [1.54, 1.807) is 30.9 Å². The van der Waals surface area contributed by atoms with E-state index in [2.05, 4.69) is 15.4 Å². The fraction of sp³-hybridized carbons (Fsp3) is 0.619. The van der Waals surface area contributed by atoms with Gasteiger partial charge in [-0.05, 0) is 70.2 Å². The Morgan fingerprint density at radius 1 is 1.17 bits per heavy atom. The summed E-state index contributed by atoms with van der Waals surface area (Å²) in [5.74, 6) is 0.0625. The first kappa shape index (κ1) is 24.1. The van der Waals surface area contributed by atoms with Gasteiger partial charge in [0.2, 0.25) is 15.9 Å². The first-order chi connectivity index (χ1) is 13.9. The van der Waals surface area contributed by atoms with Crippen LogP contribution in [0.25, 0.3) is 0 Å². The maximum Gasteiger partial charge on any atom is 0.317 e. The maximum atomic E-state index is 12.7. The number of anilines is 1. The van der Waals surface area contributed by atoms with E-state index in [1.165, 1.54) is 6.07 Å². The number of piperidine rings is 1. The molecular weight excluding hydrogens is 404 g/mol. The number of carbonyl (C=O) groups excluding carboxylic acids is 2. The van der Waals surface area contributed by atoms with E-state index in [1.807, 2.05) is 20.8 Å². The number of aryl methyl sites for hydroxylation is 1. The molecule has 8 nitrogen and oxygen atoms in total. The van der Waals surface area contributed by atoms with Gasteiger partial charge < -0.3 is 15.5 Å². The fourth-order valence-electron chi connectivity index (χ4n) is 3.32. The smallest absolute Gasteiger partial charge is 0.317 e. The van der Waals surface area contributed by atoms with Crippen molar-refractivity contribution in [3.05, 3.63) is 23.8 Å². The zero-order valence-electron chi connectivity index (χ0n) is 18.5. The molecule has 168 valence electrons. The van der Waals surface area contributed by atoms with E-state index in [0.29, 0.717) is 37.3 Å². The minimum Gasteiger partial charge on any atom is -0.333 e. The average molecular weight is 439 g/mol. The van der Waals surface area contributed by atoms with Crippen molar-refractivity contribution in [2.24, 2.45) is 5.92 Å². The van der Waals surface area contributed by atoms with Gasteiger partial charge in [0.15, 0.2) is 0 Å². The summed E-state index contributed by atoms with van der Waals surface area (Å²) in [6.45, 7) is 10.9. The van der Waals surface area contributed by atoms with Gasteiger partial charge >= 0.3 is 6.03 Å². The van der Waals surface area contributed by atoms with Gasteiger partial charge in [-0.25, -0.2) is 17.9 Å². The lowest BCUT2D eigenvalue weighted by Crippen LogP contribution is -2.51. The molecule has 1 aliphatic rings. The topological polar surface area (TPSA) is 108 Å². The summed E-state index contributed by atoms with van der Waals surface area (Å²) >= 11 is 0. The van der Waals surface area contributed by atoms with Gasteiger partial charge in [-0.3, -0.25) is 4.79 Å². The van der Waals surface area contributed by atoms with Crippen LogP contribution in [0.5, 0.6) is 0 Å². The Morgan fingerprint density at radius 2 is 1.80 bits per heavy atom. The molecule has 1 aliphatic heterocycles. The number of hydrogen-bond donors (Lipinski definition) is 3. The Hall–Kier alpha value is -2.13. The number of nitrogens with one attached hydrogen (secondary N) is 3. The van der Waals surface area contributed by atoms with E-state index in [4.69, 9.17) is 0 Å². The number of amides is 3. The zero-order chi connectivity index (χ0) is 22.5. The molecule has 0 atom stereocenters. The van der Waals surface area contributed by atoms with Crippen LogP contribution in [0.1, 0.15) is 52.5 Å². The molecule has 1 fully saturated rings. The predicted molar refractivity (Wildman–Crippen MR) is 118 cm³/mol. The Labute approximate surface area is 179 Å². The van der Waals surface area contributed by atoms with E-state index < -0.39 is 10.0 Å². The molecule has 1 saturated heterocycles. The Kier molecular flexibility index (Phi) is 7.87. The van der Waals surface area contributed by atoms with Crippen LogP contribution in [0.2, 0.25) is 0 Å². The molecular formula is C21H34N4O4S. The number of likely N-dealkylation sites (tertiary alicyclic amines) is 1. The van der Waals surface area contributed by atoms with Crippen LogP contribution in [0.3, 0.4) is 0 Å². The van der Waals surface area contributed by atoms with Gasteiger partial charge in [-0.2, -0.15) is 0 Å². The predicted octanol–water partition coefficient (Wildman–Crippen LogP) is 2.84. The molecule has 3 amide bonds. The van der Waals surface area contributed by atoms with E-state index in [9.17, 15) is 18.0 Å². The van der Waals surface area contributed by atoms with Crippen molar-refractivity contribution in [2.75, 3.05) is 25.0 Å². The van der Waals surface area contributed by atoms with Gasteiger partial charge in [0, 0.05) is 37.3 Å². The number of rotatable bonds is 6. The second-order valence-corrected chi connectivity index (χ2v) is 10.6. The van der Waals surface area contributed by atoms with Crippen LogP contribution < -0.4 is 15.4 Å². The van der Waals surface area contributed by atoms with Crippen LogP contribution in [0, 0.1) is 12.8 Å². The molecule has 0 aliphatic carbocycles. The third-order valence-corrected chi connectivity index (χ3v) is 6.60. The molecule has 1 heterocycles. The molecule has 0 spiro atoms. The molecule has 1 aromatic carbocycles. The minimum atomic E-state index is -3.65. The molecule has 9 heteroatoms. The molecule has 2 rings (SSSR count).